The van der Waals surface area contributed by atoms with Crippen molar-refractivity contribution < 1.29 is 0 Å². The molecule has 9 aromatic carbocycles. The number of aromatic nitrogens is 1. The van der Waals surface area contributed by atoms with E-state index >= 15 is 0 Å². The van der Waals surface area contributed by atoms with Gasteiger partial charge in [0.15, 0.2) is 0 Å². The summed E-state index contributed by atoms with van der Waals surface area (Å²) < 4.78 is 5.25. The lowest BCUT2D eigenvalue weighted by Gasteiger charge is -2.19. The SMILES string of the molecule is c1ccc(-c2cc(-c3ccccc3)cc(-n3c4ccccc4c4cc(-c5ccc6c(c5)-c5ccccc5C(c5cccc7c5sc5ccccc57)CC6)ccc43)c2)cc1. The molecule has 2 aromatic heterocycles. The Morgan fingerprint density at radius 2 is 1.02 bits per heavy atom. The van der Waals surface area contributed by atoms with Gasteiger partial charge in [-0.2, -0.15) is 0 Å². The van der Waals surface area contributed by atoms with E-state index < -0.39 is 0 Å². The minimum atomic E-state index is 0.323. The highest BCUT2D eigenvalue weighted by atomic mass is 32.1. The lowest BCUT2D eigenvalue weighted by Crippen LogP contribution is -2.02. The van der Waals surface area contributed by atoms with Crippen molar-refractivity contribution in [2.24, 2.45) is 0 Å². The predicted octanol–water partition coefficient (Wildman–Crippen LogP) is 15.9. The van der Waals surface area contributed by atoms with Gasteiger partial charge in [0.25, 0.3) is 0 Å². The van der Waals surface area contributed by atoms with E-state index in [-0.39, 0.29) is 0 Å². The molecule has 11 aromatic rings. The number of aryl methyl sites for hydroxylation is 1. The second-order valence-electron chi connectivity index (χ2n) is 16.0. The highest BCUT2D eigenvalue weighted by Gasteiger charge is 2.26. The maximum atomic E-state index is 2.46. The third-order valence-corrected chi connectivity index (χ3v) is 13.9. The molecule has 0 aliphatic heterocycles. The molecule has 1 aliphatic rings. The Labute approximate surface area is 348 Å². The molecule has 0 spiro atoms. The number of hydrogen-bond donors (Lipinski definition) is 0. The second-order valence-corrected chi connectivity index (χ2v) is 17.0. The van der Waals surface area contributed by atoms with Gasteiger partial charge in [-0.3, -0.25) is 0 Å². The zero-order valence-corrected chi connectivity index (χ0v) is 33.3. The molecule has 2 heterocycles. The largest absolute Gasteiger partial charge is 0.309 e. The maximum Gasteiger partial charge on any atom is 0.0541 e. The highest BCUT2D eigenvalue weighted by molar-refractivity contribution is 7.26. The maximum absolute atomic E-state index is 2.46. The van der Waals surface area contributed by atoms with Gasteiger partial charge in [0.2, 0.25) is 0 Å². The number of fused-ring (bicyclic) bond motifs is 9. The molecule has 0 N–H and O–H groups in total. The standard InChI is InChI=1S/C57H39NS/c1-3-14-37(15-4-1)42-32-43(38-16-5-2-6-17-38)34-44(33-42)58-54-24-11-9-20-48(54)53-36-41(29-31-55(53)58)40-27-26-39-28-30-47(45-18-7-8-19-46(45)52(39)35-40)50-22-13-23-51-49-21-10-12-25-56(49)59-57(50)51/h1-27,29,31-36,47H,28,30H2. The zero-order chi connectivity index (χ0) is 38.9. The fourth-order valence-corrected chi connectivity index (χ4v) is 11.1. The molecule has 0 saturated carbocycles. The fourth-order valence-electron chi connectivity index (χ4n) is 9.86. The first-order valence-corrected chi connectivity index (χ1v) is 21.5. The van der Waals surface area contributed by atoms with Crippen LogP contribution in [0.4, 0.5) is 0 Å². The molecule has 278 valence electrons. The Hall–Kier alpha value is -7.00. The molecule has 2 heteroatoms. The van der Waals surface area contributed by atoms with E-state index in [4.69, 9.17) is 0 Å². The van der Waals surface area contributed by atoms with Crippen LogP contribution in [0.2, 0.25) is 0 Å². The van der Waals surface area contributed by atoms with E-state index in [0.29, 0.717) is 5.92 Å². The molecule has 59 heavy (non-hydrogen) atoms. The van der Waals surface area contributed by atoms with Gasteiger partial charge in [-0.15, -0.1) is 11.3 Å². The van der Waals surface area contributed by atoms with Crippen molar-refractivity contribution in [1.82, 2.24) is 4.57 Å². The average Bonchev–Trinajstić information content (AvgIpc) is 3.80. The van der Waals surface area contributed by atoms with Gasteiger partial charge in [-0.25, -0.2) is 0 Å². The molecule has 1 unspecified atom stereocenters. The predicted molar refractivity (Wildman–Crippen MR) is 252 cm³/mol. The van der Waals surface area contributed by atoms with Crippen molar-refractivity contribution in [1.29, 1.82) is 0 Å². The lowest BCUT2D eigenvalue weighted by molar-refractivity contribution is 0.731. The summed E-state index contributed by atoms with van der Waals surface area (Å²) in [6.45, 7) is 0. The molecular weight excluding hydrogens is 731 g/mol. The van der Waals surface area contributed by atoms with Gasteiger partial charge in [0.1, 0.15) is 0 Å². The minimum Gasteiger partial charge on any atom is -0.309 e. The van der Waals surface area contributed by atoms with E-state index in [1.54, 1.807) is 0 Å². The molecule has 0 fully saturated rings. The molecule has 0 radical (unpaired) electrons. The molecule has 0 bridgehead atoms. The van der Waals surface area contributed by atoms with E-state index in [1.165, 1.54) is 103 Å². The third kappa shape index (κ3) is 5.67. The van der Waals surface area contributed by atoms with E-state index in [9.17, 15) is 0 Å². The van der Waals surface area contributed by atoms with Gasteiger partial charge in [-0.05, 0) is 123 Å². The number of thiophene rings is 1. The monoisotopic (exact) mass is 769 g/mol. The number of hydrogen-bond acceptors (Lipinski definition) is 1. The zero-order valence-electron chi connectivity index (χ0n) is 32.5. The summed E-state index contributed by atoms with van der Waals surface area (Å²) in [7, 11) is 0. The Kier molecular flexibility index (Phi) is 7.99. The summed E-state index contributed by atoms with van der Waals surface area (Å²) in [6.07, 6.45) is 2.12. The first kappa shape index (κ1) is 34.1. The van der Waals surface area contributed by atoms with Gasteiger partial charge in [0, 0.05) is 42.6 Å². The van der Waals surface area contributed by atoms with Gasteiger partial charge in [-0.1, -0.05) is 158 Å². The van der Waals surface area contributed by atoms with E-state index in [0.717, 1.165) is 18.5 Å². The van der Waals surface area contributed by atoms with Crippen LogP contribution >= 0.6 is 11.3 Å². The van der Waals surface area contributed by atoms with Crippen molar-refractivity contribution in [3.05, 3.63) is 223 Å². The average molecular weight is 770 g/mol. The first-order valence-electron chi connectivity index (χ1n) is 20.7. The highest BCUT2D eigenvalue weighted by Crippen LogP contribution is 2.47. The molecular formula is C57H39NS. The van der Waals surface area contributed by atoms with Crippen molar-refractivity contribution in [3.63, 3.8) is 0 Å². The molecule has 1 aliphatic carbocycles. The first-order chi connectivity index (χ1) is 29.2. The van der Waals surface area contributed by atoms with Crippen molar-refractivity contribution in [2.75, 3.05) is 0 Å². The normalized spacial score (nSPS) is 13.8. The Bertz CT molecular complexity index is 3330. The minimum absolute atomic E-state index is 0.323. The van der Waals surface area contributed by atoms with Crippen LogP contribution in [0.25, 0.3) is 92.2 Å². The van der Waals surface area contributed by atoms with Gasteiger partial charge < -0.3 is 4.57 Å². The molecule has 1 nitrogen and oxygen atoms in total. The van der Waals surface area contributed by atoms with Crippen LogP contribution in [0.3, 0.4) is 0 Å². The number of nitrogens with zero attached hydrogens (tertiary/aromatic N) is 1. The van der Waals surface area contributed by atoms with Crippen LogP contribution < -0.4 is 0 Å². The quantitative estimate of drug-likeness (QED) is 0.164. The Morgan fingerprint density at radius 3 is 1.83 bits per heavy atom. The van der Waals surface area contributed by atoms with Crippen LogP contribution in [0.5, 0.6) is 0 Å². The third-order valence-electron chi connectivity index (χ3n) is 12.6. The van der Waals surface area contributed by atoms with E-state index in [1.807, 2.05) is 11.3 Å². The second kappa shape index (κ2) is 13.8. The van der Waals surface area contributed by atoms with Crippen molar-refractivity contribution in [3.8, 4) is 50.2 Å². The van der Waals surface area contributed by atoms with Crippen LogP contribution in [-0.4, -0.2) is 4.57 Å². The number of rotatable bonds is 5. The van der Waals surface area contributed by atoms with Crippen LogP contribution in [0.1, 0.15) is 29.0 Å². The summed E-state index contributed by atoms with van der Waals surface area (Å²) >= 11 is 1.95. The summed E-state index contributed by atoms with van der Waals surface area (Å²) in [5.74, 6) is 0.323. The Balaban J connectivity index is 0.988. The summed E-state index contributed by atoms with van der Waals surface area (Å²) in [4.78, 5) is 0. The summed E-state index contributed by atoms with van der Waals surface area (Å²) in [6, 6.07) is 76.7. The number of benzene rings is 9. The lowest BCUT2D eigenvalue weighted by atomic mass is 9.85. The molecule has 0 saturated heterocycles. The van der Waals surface area contributed by atoms with Gasteiger partial charge >= 0.3 is 0 Å². The molecule has 12 rings (SSSR count). The summed E-state index contributed by atoms with van der Waals surface area (Å²) in [5.41, 5.74) is 17.9. The fraction of sp³-hybridized carbons (Fsp3) is 0.0526. The van der Waals surface area contributed by atoms with E-state index in [2.05, 4.69) is 211 Å². The summed E-state index contributed by atoms with van der Waals surface area (Å²) in [5, 5.41) is 5.26. The molecule has 1 atom stereocenters. The topological polar surface area (TPSA) is 4.93 Å². The van der Waals surface area contributed by atoms with Gasteiger partial charge in [0.05, 0.1) is 11.0 Å². The van der Waals surface area contributed by atoms with Crippen LogP contribution in [-0.2, 0) is 6.42 Å². The van der Waals surface area contributed by atoms with Crippen molar-refractivity contribution in [2.45, 2.75) is 18.8 Å². The van der Waals surface area contributed by atoms with Crippen LogP contribution in [0.15, 0.2) is 206 Å². The Morgan fingerprint density at radius 1 is 0.390 bits per heavy atom. The molecule has 0 amide bonds. The van der Waals surface area contributed by atoms with Crippen molar-refractivity contribution >= 4 is 53.3 Å². The van der Waals surface area contributed by atoms with Crippen LogP contribution in [0, 0.1) is 0 Å². The number of para-hydroxylation sites is 1. The smallest absolute Gasteiger partial charge is 0.0541 e.